The first kappa shape index (κ1) is 79.7. The fourth-order valence-corrected chi connectivity index (χ4v) is 12.4. The second-order valence-corrected chi connectivity index (χ2v) is 27.6. The Morgan fingerprint density at radius 3 is 1.49 bits per heavy atom. The van der Waals surface area contributed by atoms with Crippen molar-refractivity contribution in [3.63, 3.8) is 0 Å². The summed E-state index contributed by atoms with van der Waals surface area (Å²) in [5.74, 6) is 2.15. The molecule has 1 aliphatic carbocycles. The number of carbonyl (C=O) groups is 2. The van der Waals surface area contributed by atoms with Crippen LogP contribution in [-0.2, 0) is 9.54 Å². The first-order valence-electron chi connectivity index (χ1n) is 32.9. The van der Waals surface area contributed by atoms with Crippen LogP contribution in [-0.4, -0.2) is 77.5 Å². The van der Waals surface area contributed by atoms with Crippen molar-refractivity contribution in [2.24, 2.45) is 11.8 Å². The number of nitrogens with one attached hydrogen (secondary N) is 4. The zero-order valence-corrected chi connectivity index (χ0v) is 61.7. The van der Waals surface area contributed by atoms with Gasteiger partial charge in [-0.1, -0.05) is 256 Å². The number of aromatic carboxylic acids is 1. The number of carboxylic acid groups (broad SMARTS) is 1. The number of hydrogen-bond acceptors (Lipinski definition) is 16. The average molecular weight is 1430 g/mol. The molecule has 0 amide bonds. The van der Waals surface area contributed by atoms with Gasteiger partial charge in [0, 0.05) is 22.8 Å². The number of tetrazole rings is 1. The van der Waals surface area contributed by atoms with Gasteiger partial charge in [0.05, 0.1) is 21.5 Å². The van der Waals surface area contributed by atoms with Crippen molar-refractivity contribution in [2.45, 2.75) is 166 Å². The summed E-state index contributed by atoms with van der Waals surface area (Å²) in [4.78, 5) is 25.8. The van der Waals surface area contributed by atoms with E-state index in [-0.39, 0.29) is 31.9 Å². The molecule has 4 heterocycles. The van der Waals surface area contributed by atoms with Crippen LogP contribution in [0, 0.1) is 38.0 Å². The number of carboxylic acids is 1. The minimum absolute atomic E-state index is 0.0741. The van der Waals surface area contributed by atoms with Crippen LogP contribution in [0.2, 0.25) is 0 Å². The lowest BCUT2D eigenvalue weighted by molar-refractivity contribution is -0.126. The van der Waals surface area contributed by atoms with E-state index >= 15 is 0 Å². The van der Waals surface area contributed by atoms with Crippen molar-refractivity contribution in [2.75, 3.05) is 11.5 Å². The van der Waals surface area contributed by atoms with Crippen LogP contribution in [0.4, 0.5) is 6.01 Å². The Hall–Kier alpha value is -6.99. The zero-order valence-electron chi connectivity index (χ0n) is 55.8. The van der Waals surface area contributed by atoms with E-state index in [0.29, 0.717) is 27.0 Å². The highest BCUT2D eigenvalue weighted by atomic mass is 32.1. The van der Waals surface area contributed by atoms with E-state index in [1.54, 1.807) is 12.1 Å². The minimum atomic E-state index is -0.965. The number of ketones is 1. The summed E-state index contributed by atoms with van der Waals surface area (Å²) < 4.78 is 13.4. The topological polar surface area (TPSA) is 231 Å². The molecule has 1 saturated carbocycles. The maximum atomic E-state index is 11.6. The van der Waals surface area contributed by atoms with Crippen LogP contribution in [0.1, 0.15) is 183 Å². The molecular weight excluding hydrogens is 1340 g/mol. The van der Waals surface area contributed by atoms with Crippen molar-refractivity contribution < 1.29 is 23.5 Å². The average Bonchev–Trinajstić information content (AvgIpc) is 1.08. The molecule has 96 heavy (non-hydrogen) atoms. The molecule has 16 nitrogen and oxygen atoms in total. The van der Waals surface area contributed by atoms with Crippen molar-refractivity contribution in [1.82, 2.24) is 50.2 Å². The van der Waals surface area contributed by atoms with Gasteiger partial charge in [-0.2, -0.15) is 48.2 Å². The Bertz CT molecular complexity index is 3840. The van der Waals surface area contributed by atoms with E-state index in [0.717, 1.165) is 41.2 Å². The normalized spacial score (nSPS) is 13.3. The maximum Gasteiger partial charge on any atom is 0.335 e. The number of aryl methyl sites for hydroxylation is 1. The number of nitrogen functional groups attached to an aromatic ring is 1. The van der Waals surface area contributed by atoms with Gasteiger partial charge in [-0.05, 0) is 152 Å². The van der Waals surface area contributed by atoms with Crippen LogP contribution < -0.4 is 5.73 Å². The SMILES string of the molecule is CC1CCC(C(C)(C)S)C(=O)C1.CCCCCCCCCCCCCCCCCCS.Cc1n[nH]c(=S)n1-c1ccccc1.Nc1n[nH]c(=S)o1.O=C(O)c1ccc(-n2[nH]nnc2=S)cc1.S=c1[nH]c2ccccc2o1.SC(c1ccccc1)(c1ccccc1)c1ccccc1. The predicted molar refractivity (Wildman–Crippen MR) is 411 cm³/mol. The molecule has 6 aromatic carbocycles. The lowest BCUT2D eigenvalue weighted by Crippen LogP contribution is -2.36. The summed E-state index contributed by atoms with van der Waals surface area (Å²) in [6, 6.07) is 55.1. The summed E-state index contributed by atoms with van der Waals surface area (Å²) in [5, 5.41) is 30.9. The summed E-state index contributed by atoms with van der Waals surface area (Å²) >= 11 is 33.0. The maximum absolute atomic E-state index is 11.6. The third-order valence-electron chi connectivity index (χ3n) is 15.8. The number of anilines is 1. The number of aromatic amines is 4. The molecule has 4 aromatic heterocycles. The van der Waals surface area contributed by atoms with E-state index in [2.05, 4.69) is 169 Å². The molecule has 514 valence electrons. The first-order chi connectivity index (χ1) is 46.3. The number of hydrogen-bond donors (Lipinski definition) is 9. The number of carbonyl (C=O) groups excluding carboxylic acids is 1. The molecule has 7 N–H and O–H groups in total. The third-order valence-corrected chi connectivity index (χ3v) is 18.1. The van der Waals surface area contributed by atoms with E-state index < -0.39 is 10.7 Å². The van der Waals surface area contributed by atoms with Gasteiger partial charge < -0.3 is 24.7 Å². The number of thiol groups is 3. The lowest BCUT2D eigenvalue weighted by Gasteiger charge is -2.33. The number of nitrogens with two attached hydrogens (primary N) is 1. The van der Waals surface area contributed by atoms with E-state index in [1.807, 2.05) is 98.1 Å². The van der Waals surface area contributed by atoms with Crippen molar-refractivity contribution in [3.05, 3.63) is 217 Å². The van der Waals surface area contributed by atoms with Crippen LogP contribution >= 0.6 is 86.8 Å². The highest BCUT2D eigenvalue weighted by Gasteiger charge is 2.35. The van der Waals surface area contributed by atoms with Gasteiger partial charge in [-0.15, -0.1) is 5.10 Å². The molecule has 0 radical (unpaired) electrons. The molecule has 1 aliphatic rings. The monoisotopic (exact) mass is 1430 g/mol. The minimum Gasteiger partial charge on any atom is -0.478 e. The Morgan fingerprint density at radius 1 is 0.625 bits per heavy atom. The number of benzene rings is 6. The predicted octanol–water partition coefficient (Wildman–Crippen LogP) is 20.9. The van der Waals surface area contributed by atoms with Crippen molar-refractivity contribution in [1.29, 1.82) is 0 Å². The van der Waals surface area contributed by atoms with Gasteiger partial charge in [0.2, 0.25) is 4.77 Å². The molecular formula is C73H95N11O5S7. The fourth-order valence-electron chi connectivity index (χ4n) is 10.7. The first-order valence-corrected chi connectivity index (χ1v) is 36.1. The highest BCUT2D eigenvalue weighted by molar-refractivity contribution is 7.82. The molecule has 0 spiro atoms. The van der Waals surface area contributed by atoms with E-state index in [9.17, 15) is 9.59 Å². The Kier molecular flexibility index (Phi) is 36.6. The van der Waals surface area contributed by atoms with Crippen molar-refractivity contribution in [3.8, 4) is 11.4 Å². The molecule has 10 aromatic rings. The number of nitrogens with zero attached hydrogens (tertiary/aromatic N) is 6. The van der Waals surface area contributed by atoms with Gasteiger partial charge in [-0.25, -0.2) is 14.6 Å². The number of para-hydroxylation sites is 3. The van der Waals surface area contributed by atoms with E-state index in [4.69, 9.17) is 64.5 Å². The van der Waals surface area contributed by atoms with Crippen molar-refractivity contribution >= 4 is 116 Å². The van der Waals surface area contributed by atoms with Crippen LogP contribution in [0.3, 0.4) is 0 Å². The van der Waals surface area contributed by atoms with Gasteiger partial charge in [-0.3, -0.25) is 14.5 Å². The second kappa shape index (κ2) is 44.0. The third kappa shape index (κ3) is 28.2. The van der Waals surface area contributed by atoms with Crippen LogP contribution in [0.5, 0.6) is 0 Å². The molecule has 23 heteroatoms. The molecule has 0 bridgehead atoms. The summed E-state index contributed by atoms with van der Waals surface area (Å²) in [6.07, 6.45) is 26.1. The number of oxazole rings is 1. The quantitative estimate of drug-likeness (QED) is 0.0126. The number of Topliss-reactive ketones (excluding diaryl/α,β-unsaturated/α-hetero) is 1. The largest absolute Gasteiger partial charge is 0.478 e. The molecule has 0 aliphatic heterocycles. The summed E-state index contributed by atoms with van der Waals surface area (Å²) in [7, 11) is 0. The second-order valence-electron chi connectivity index (χ2n) is 23.9. The van der Waals surface area contributed by atoms with Gasteiger partial charge in [0.25, 0.3) is 9.67 Å². The number of rotatable bonds is 23. The van der Waals surface area contributed by atoms with Gasteiger partial charge in [0.15, 0.2) is 10.4 Å². The number of aromatic nitrogens is 10. The number of unbranched alkanes of at least 4 members (excludes halogenated alkanes) is 15. The molecule has 2 unspecified atom stereocenters. The molecule has 1 fully saturated rings. The summed E-state index contributed by atoms with van der Waals surface area (Å²) in [6.45, 7) is 10.4. The summed E-state index contributed by atoms with van der Waals surface area (Å²) in [5.41, 5.74) is 12.3. The molecule has 2 atom stereocenters. The Balaban J connectivity index is 0.000000206. The van der Waals surface area contributed by atoms with Gasteiger partial charge >= 0.3 is 12.0 Å². The van der Waals surface area contributed by atoms with Gasteiger partial charge in [0.1, 0.15) is 11.6 Å². The van der Waals surface area contributed by atoms with E-state index in [1.165, 1.54) is 143 Å². The molecule has 11 rings (SSSR count). The Morgan fingerprint density at radius 2 is 1.10 bits per heavy atom. The lowest BCUT2D eigenvalue weighted by atomic mass is 9.76. The van der Waals surface area contributed by atoms with Crippen LogP contribution in [0.25, 0.3) is 22.5 Å². The standard InChI is InChI=1S/C19H16S.C18H38S.C10H18OS.C9H9N3S.C8H6N4O2S.C7H5NOS.C2H3N3OS/c20-19(16-10-4-1-5-11-16,17-12-6-2-7-13-17)18-14-8-3-9-15-18;1-2-3-4-5-6-7-8-9-10-11-12-13-14-15-16-17-18-19;1-7-4-5-8(9(11)6-7)10(2,3)12;1-7-10-11-9(13)12(7)8-5-3-2-4-6-8;13-7(14)5-1-3-6(4-2-5)12-8(15)9-10-11-12;10-7-8-5-3-1-2-4-6(5)9-7;3-1-4-5-2(7)6-1/h1-15,20H;19H,2-18H2,1H3;7-8,12H,4-6H2,1-3H3;2-6H,1H3,(H,11,13);1-4H,(H,13,14)(H,9,11,15);1-4H,(H,8,10);(H2,3,4)(H,5,7). The highest BCUT2D eigenvalue weighted by Crippen LogP contribution is 2.42. The fraction of sp³-hybridized carbons (Fsp3) is 0.397. The number of H-pyrrole nitrogens is 4. The molecule has 0 saturated heterocycles. The Labute approximate surface area is 602 Å². The number of fused-ring (bicyclic) bond motifs is 1. The smallest absolute Gasteiger partial charge is 0.335 e. The zero-order chi connectivity index (χ0) is 69.6. The van der Waals surface area contributed by atoms with Crippen LogP contribution in [0.15, 0.2) is 179 Å².